The van der Waals surface area contributed by atoms with Crippen LogP contribution in [0.25, 0.3) is 5.69 Å². The SMILES string of the molecule is COc1ccccc1OCCNC(=O)c1ccc(-n2cncn2)cc1. The summed E-state index contributed by atoms with van der Waals surface area (Å²) in [5.74, 6) is 1.16. The fraction of sp³-hybridized carbons (Fsp3) is 0.167. The maximum absolute atomic E-state index is 12.2. The van der Waals surface area contributed by atoms with E-state index in [1.807, 2.05) is 36.4 Å². The number of carbonyl (C=O) groups excluding carboxylic acids is 1. The van der Waals surface area contributed by atoms with Crippen LogP contribution in [-0.2, 0) is 0 Å². The van der Waals surface area contributed by atoms with Gasteiger partial charge in [0.15, 0.2) is 11.5 Å². The van der Waals surface area contributed by atoms with Gasteiger partial charge >= 0.3 is 0 Å². The van der Waals surface area contributed by atoms with Crippen molar-refractivity contribution in [2.75, 3.05) is 20.3 Å². The van der Waals surface area contributed by atoms with Gasteiger partial charge in [-0.1, -0.05) is 12.1 Å². The first kappa shape index (κ1) is 16.5. The van der Waals surface area contributed by atoms with E-state index in [2.05, 4.69) is 15.4 Å². The molecule has 1 amide bonds. The number of hydrogen-bond acceptors (Lipinski definition) is 5. The highest BCUT2D eigenvalue weighted by molar-refractivity contribution is 5.94. The van der Waals surface area contributed by atoms with Crippen LogP contribution in [-0.4, -0.2) is 40.9 Å². The first-order valence-corrected chi connectivity index (χ1v) is 7.77. The summed E-state index contributed by atoms with van der Waals surface area (Å²) in [6.07, 6.45) is 3.06. The molecule has 0 aliphatic heterocycles. The molecule has 0 unspecified atom stereocenters. The molecular weight excluding hydrogens is 320 g/mol. The molecule has 0 bridgehead atoms. The first-order chi connectivity index (χ1) is 12.3. The van der Waals surface area contributed by atoms with Crippen LogP contribution in [0.3, 0.4) is 0 Å². The van der Waals surface area contributed by atoms with Gasteiger partial charge in [-0.05, 0) is 36.4 Å². The van der Waals surface area contributed by atoms with E-state index >= 15 is 0 Å². The molecule has 0 atom stereocenters. The second-order valence-corrected chi connectivity index (χ2v) is 5.14. The summed E-state index contributed by atoms with van der Waals surface area (Å²) in [7, 11) is 1.59. The standard InChI is InChI=1S/C18H18N4O3/c1-24-16-4-2-3-5-17(16)25-11-10-20-18(23)14-6-8-15(9-7-14)22-13-19-12-21-22/h2-9,12-13H,10-11H2,1H3,(H,20,23). The predicted octanol–water partition coefficient (Wildman–Crippen LogP) is 2.08. The smallest absolute Gasteiger partial charge is 0.251 e. The number of methoxy groups -OCH3 is 1. The molecule has 1 aromatic heterocycles. The highest BCUT2D eigenvalue weighted by Gasteiger charge is 2.07. The molecular formula is C18H18N4O3. The van der Waals surface area contributed by atoms with Gasteiger partial charge in [0.25, 0.3) is 5.91 Å². The van der Waals surface area contributed by atoms with Crippen LogP contribution in [0.15, 0.2) is 61.2 Å². The minimum absolute atomic E-state index is 0.159. The lowest BCUT2D eigenvalue weighted by Crippen LogP contribution is -2.28. The zero-order chi connectivity index (χ0) is 17.5. The fourth-order valence-corrected chi connectivity index (χ4v) is 2.27. The number of para-hydroxylation sites is 2. The number of nitrogens with one attached hydrogen (secondary N) is 1. The summed E-state index contributed by atoms with van der Waals surface area (Å²) in [6.45, 7) is 0.741. The van der Waals surface area contributed by atoms with Gasteiger partial charge in [0.2, 0.25) is 0 Å². The Bertz CT molecular complexity index is 817. The van der Waals surface area contributed by atoms with Crippen LogP contribution in [0.4, 0.5) is 0 Å². The number of nitrogens with zero attached hydrogens (tertiary/aromatic N) is 3. The molecule has 0 aliphatic rings. The van der Waals surface area contributed by atoms with Gasteiger partial charge in [0, 0.05) is 5.56 Å². The minimum atomic E-state index is -0.159. The number of ether oxygens (including phenoxy) is 2. The third-order valence-electron chi connectivity index (χ3n) is 3.53. The van der Waals surface area contributed by atoms with Gasteiger partial charge in [-0.15, -0.1) is 0 Å². The molecule has 0 radical (unpaired) electrons. The Kier molecular flexibility index (Phi) is 5.26. The zero-order valence-corrected chi connectivity index (χ0v) is 13.8. The van der Waals surface area contributed by atoms with Gasteiger partial charge in [-0.25, -0.2) is 9.67 Å². The Hall–Kier alpha value is -3.35. The normalized spacial score (nSPS) is 10.3. The number of benzene rings is 2. The van der Waals surface area contributed by atoms with Crippen molar-refractivity contribution in [3.05, 3.63) is 66.7 Å². The van der Waals surface area contributed by atoms with Crippen molar-refractivity contribution in [3.63, 3.8) is 0 Å². The lowest BCUT2D eigenvalue weighted by Gasteiger charge is -2.11. The average molecular weight is 338 g/mol. The summed E-state index contributed by atoms with van der Waals surface area (Å²) in [5.41, 5.74) is 1.41. The zero-order valence-electron chi connectivity index (χ0n) is 13.8. The summed E-state index contributed by atoms with van der Waals surface area (Å²) >= 11 is 0. The molecule has 2 aromatic carbocycles. The molecule has 0 aliphatic carbocycles. The van der Waals surface area contributed by atoms with Crippen molar-refractivity contribution in [2.24, 2.45) is 0 Å². The molecule has 0 saturated carbocycles. The number of carbonyl (C=O) groups is 1. The second-order valence-electron chi connectivity index (χ2n) is 5.14. The van der Waals surface area contributed by atoms with Crippen molar-refractivity contribution >= 4 is 5.91 Å². The Morgan fingerprint density at radius 1 is 1.12 bits per heavy atom. The van der Waals surface area contributed by atoms with Gasteiger partial charge < -0.3 is 14.8 Å². The average Bonchev–Trinajstić information content (AvgIpc) is 3.20. The molecule has 0 spiro atoms. The monoisotopic (exact) mass is 338 g/mol. The van der Waals surface area contributed by atoms with E-state index in [1.54, 1.807) is 30.3 Å². The van der Waals surface area contributed by atoms with Crippen molar-refractivity contribution in [1.29, 1.82) is 0 Å². The molecule has 3 aromatic rings. The lowest BCUT2D eigenvalue weighted by molar-refractivity contribution is 0.0947. The van der Waals surface area contributed by atoms with Crippen LogP contribution < -0.4 is 14.8 Å². The van der Waals surface area contributed by atoms with Crippen molar-refractivity contribution in [1.82, 2.24) is 20.1 Å². The molecule has 1 heterocycles. The van der Waals surface area contributed by atoms with Crippen LogP contribution >= 0.6 is 0 Å². The van der Waals surface area contributed by atoms with Crippen LogP contribution in [0.2, 0.25) is 0 Å². The molecule has 25 heavy (non-hydrogen) atoms. The summed E-state index contributed by atoms with van der Waals surface area (Å²) in [4.78, 5) is 16.0. The Morgan fingerprint density at radius 3 is 2.56 bits per heavy atom. The van der Waals surface area contributed by atoms with Gasteiger partial charge in [-0.2, -0.15) is 5.10 Å². The van der Waals surface area contributed by atoms with E-state index in [1.165, 1.54) is 6.33 Å². The van der Waals surface area contributed by atoms with Crippen molar-refractivity contribution < 1.29 is 14.3 Å². The van der Waals surface area contributed by atoms with Crippen molar-refractivity contribution in [2.45, 2.75) is 0 Å². The Morgan fingerprint density at radius 2 is 1.88 bits per heavy atom. The Labute approximate surface area is 145 Å². The quantitative estimate of drug-likeness (QED) is 0.667. The molecule has 7 heteroatoms. The topological polar surface area (TPSA) is 78.3 Å². The first-order valence-electron chi connectivity index (χ1n) is 7.77. The maximum Gasteiger partial charge on any atom is 0.251 e. The largest absolute Gasteiger partial charge is 0.493 e. The summed E-state index contributed by atoms with van der Waals surface area (Å²) in [6, 6.07) is 14.5. The predicted molar refractivity (Wildman–Crippen MR) is 92.2 cm³/mol. The maximum atomic E-state index is 12.2. The van der Waals surface area contributed by atoms with E-state index in [0.29, 0.717) is 30.2 Å². The third-order valence-corrected chi connectivity index (χ3v) is 3.53. The molecule has 128 valence electrons. The highest BCUT2D eigenvalue weighted by atomic mass is 16.5. The van der Waals surface area contributed by atoms with Gasteiger partial charge in [0.1, 0.15) is 19.3 Å². The molecule has 0 saturated heterocycles. The third kappa shape index (κ3) is 4.14. The van der Waals surface area contributed by atoms with E-state index in [9.17, 15) is 4.79 Å². The highest BCUT2D eigenvalue weighted by Crippen LogP contribution is 2.25. The van der Waals surface area contributed by atoms with E-state index in [0.717, 1.165) is 5.69 Å². The fourth-order valence-electron chi connectivity index (χ4n) is 2.27. The van der Waals surface area contributed by atoms with Gasteiger partial charge in [-0.3, -0.25) is 4.79 Å². The van der Waals surface area contributed by atoms with E-state index in [-0.39, 0.29) is 5.91 Å². The summed E-state index contributed by atoms with van der Waals surface area (Å²) < 4.78 is 12.5. The van der Waals surface area contributed by atoms with Gasteiger partial charge in [0.05, 0.1) is 19.3 Å². The summed E-state index contributed by atoms with van der Waals surface area (Å²) in [5, 5.41) is 6.86. The van der Waals surface area contributed by atoms with Crippen LogP contribution in [0, 0.1) is 0 Å². The van der Waals surface area contributed by atoms with Crippen LogP contribution in [0.5, 0.6) is 11.5 Å². The Balaban J connectivity index is 1.49. The molecule has 3 rings (SSSR count). The molecule has 1 N–H and O–H groups in total. The van der Waals surface area contributed by atoms with E-state index < -0.39 is 0 Å². The van der Waals surface area contributed by atoms with Crippen LogP contribution in [0.1, 0.15) is 10.4 Å². The molecule has 0 fully saturated rings. The number of rotatable bonds is 7. The second kappa shape index (κ2) is 7.96. The van der Waals surface area contributed by atoms with E-state index in [4.69, 9.17) is 9.47 Å². The molecule has 7 nitrogen and oxygen atoms in total. The number of hydrogen-bond donors (Lipinski definition) is 1. The number of aromatic nitrogens is 3. The lowest BCUT2D eigenvalue weighted by atomic mass is 10.2. The van der Waals surface area contributed by atoms with Crippen molar-refractivity contribution in [3.8, 4) is 17.2 Å². The number of amides is 1. The minimum Gasteiger partial charge on any atom is -0.493 e.